The molecule has 1 fully saturated rings. The lowest BCUT2D eigenvalue weighted by Crippen LogP contribution is -2.49. The van der Waals surface area contributed by atoms with Crippen LogP contribution in [-0.4, -0.2) is 23.5 Å². The lowest BCUT2D eigenvalue weighted by Gasteiger charge is -2.37. The molecule has 0 unspecified atom stereocenters. The maximum atomic E-state index is 11.8. The fourth-order valence-electron chi connectivity index (χ4n) is 2.13. The van der Waals surface area contributed by atoms with Gasteiger partial charge in [0.15, 0.2) is 0 Å². The zero-order valence-corrected chi connectivity index (χ0v) is 10.6. The number of nitrogens with two attached hydrogens (primary N) is 1. The molecular formula is C13H19N3O2. The van der Waals surface area contributed by atoms with Crippen LogP contribution in [0, 0.1) is 0 Å². The summed E-state index contributed by atoms with van der Waals surface area (Å²) in [6.45, 7) is 0.423. The van der Waals surface area contributed by atoms with Crippen molar-refractivity contribution in [2.45, 2.75) is 37.8 Å². The first-order valence-corrected chi connectivity index (χ1v) is 6.16. The van der Waals surface area contributed by atoms with Crippen LogP contribution in [0.1, 0.15) is 31.2 Å². The molecule has 3 N–H and O–H groups in total. The molecule has 2 rings (SSSR count). The second kappa shape index (κ2) is 5.35. The largest absolute Gasteiger partial charge is 0.481 e. The van der Waals surface area contributed by atoms with E-state index in [1.807, 2.05) is 12.1 Å². The molecule has 1 saturated carbocycles. The number of amides is 1. The molecule has 0 atom stereocenters. The summed E-state index contributed by atoms with van der Waals surface area (Å²) in [6, 6.07) is 3.70. The summed E-state index contributed by atoms with van der Waals surface area (Å²) >= 11 is 0. The van der Waals surface area contributed by atoms with E-state index in [4.69, 9.17) is 10.5 Å². The van der Waals surface area contributed by atoms with Gasteiger partial charge < -0.3 is 15.8 Å². The van der Waals surface area contributed by atoms with Gasteiger partial charge in [-0.3, -0.25) is 4.79 Å². The molecule has 1 heterocycles. The Balaban J connectivity index is 1.85. The zero-order valence-electron chi connectivity index (χ0n) is 10.6. The fourth-order valence-corrected chi connectivity index (χ4v) is 2.13. The Bertz CT molecular complexity index is 430. The van der Waals surface area contributed by atoms with Crippen LogP contribution < -0.4 is 15.8 Å². The molecule has 1 amide bonds. The summed E-state index contributed by atoms with van der Waals surface area (Å²) in [6.07, 6.45) is 5.07. The number of carbonyl (C=O) groups excluding carboxylic acids is 1. The minimum Gasteiger partial charge on any atom is -0.481 e. The third-order valence-corrected chi connectivity index (χ3v) is 3.38. The van der Waals surface area contributed by atoms with Crippen molar-refractivity contribution in [1.82, 2.24) is 10.3 Å². The number of rotatable bonds is 5. The maximum absolute atomic E-state index is 11.8. The molecule has 1 aromatic heterocycles. The molecule has 18 heavy (non-hydrogen) atoms. The molecule has 98 valence electrons. The summed E-state index contributed by atoms with van der Waals surface area (Å²) in [4.78, 5) is 15.9. The van der Waals surface area contributed by atoms with E-state index in [0.29, 0.717) is 18.8 Å². The normalized spacial score (nSPS) is 16.8. The van der Waals surface area contributed by atoms with E-state index in [1.54, 1.807) is 13.3 Å². The SMILES string of the molecule is COc1ncccc1CNC(=O)CC1(N)CCC1. The predicted molar refractivity (Wildman–Crippen MR) is 68.0 cm³/mol. The third-order valence-electron chi connectivity index (χ3n) is 3.38. The Morgan fingerprint density at radius 2 is 2.39 bits per heavy atom. The predicted octanol–water partition coefficient (Wildman–Crippen LogP) is 0.978. The molecule has 0 saturated heterocycles. The average molecular weight is 249 g/mol. The molecule has 1 aliphatic carbocycles. The van der Waals surface area contributed by atoms with Gasteiger partial charge in [0, 0.05) is 30.3 Å². The standard InChI is InChI=1S/C13H19N3O2/c1-18-12-10(4-2-7-15-12)9-16-11(17)8-13(14)5-3-6-13/h2,4,7H,3,5-6,8-9,14H2,1H3,(H,16,17). The number of nitrogens with one attached hydrogen (secondary N) is 1. The van der Waals surface area contributed by atoms with Gasteiger partial charge in [-0.05, 0) is 25.3 Å². The van der Waals surface area contributed by atoms with Gasteiger partial charge in [0.25, 0.3) is 0 Å². The van der Waals surface area contributed by atoms with Crippen molar-refractivity contribution in [3.05, 3.63) is 23.9 Å². The van der Waals surface area contributed by atoms with Crippen LogP contribution in [-0.2, 0) is 11.3 Å². The number of ether oxygens (including phenoxy) is 1. The molecule has 0 aliphatic heterocycles. The van der Waals surface area contributed by atoms with Gasteiger partial charge in [0.05, 0.1) is 7.11 Å². The highest BCUT2D eigenvalue weighted by atomic mass is 16.5. The Labute approximate surface area is 107 Å². The van der Waals surface area contributed by atoms with Crippen LogP contribution in [0.2, 0.25) is 0 Å². The van der Waals surface area contributed by atoms with Gasteiger partial charge >= 0.3 is 0 Å². The van der Waals surface area contributed by atoms with E-state index in [9.17, 15) is 4.79 Å². The van der Waals surface area contributed by atoms with Crippen molar-refractivity contribution in [2.75, 3.05) is 7.11 Å². The van der Waals surface area contributed by atoms with E-state index in [1.165, 1.54) is 0 Å². The van der Waals surface area contributed by atoms with Crippen LogP contribution in [0.15, 0.2) is 18.3 Å². The number of methoxy groups -OCH3 is 1. The molecular weight excluding hydrogens is 230 g/mol. The summed E-state index contributed by atoms with van der Waals surface area (Å²) in [5, 5.41) is 2.86. The van der Waals surface area contributed by atoms with Crippen molar-refractivity contribution in [3.63, 3.8) is 0 Å². The number of hydrogen-bond donors (Lipinski definition) is 2. The van der Waals surface area contributed by atoms with Gasteiger partial charge in [-0.1, -0.05) is 6.07 Å². The molecule has 1 aliphatic rings. The van der Waals surface area contributed by atoms with Crippen LogP contribution in [0.5, 0.6) is 5.88 Å². The van der Waals surface area contributed by atoms with E-state index >= 15 is 0 Å². The van der Waals surface area contributed by atoms with E-state index in [-0.39, 0.29) is 11.4 Å². The second-order valence-electron chi connectivity index (χ2n) is 4.84. The van der Waals surface area contributed by atoms with E-state index < -0.39 is 0 Å². The molecule has 1 aromatic rings. The first-order chi connectivity index (χ1) is 8.63. The van der Waals surface area contributed by atoms with E-state index in [0.717, 1.165) is 24.8 Å². The van der Waals surface area contributed by atoms with Crippen LogP contribution >= 0.6 is 0 Å². The molecule has 5 nitrogen and oxygen atoms in total. The van der Waals surface area contributed by atoms with Crippen molar-refractivity contribution < 1.29 is 9.53 Å². The maximum Gasteiger partial charge on any atom is 0.222 e. The van der Waals surface area contributed by atoms with Gasteiger partial charge in [-0.25, -0.2) is 4.98 Å². The number of aromatic nitrogens is 1. The number of pyridine rings is 1. The number of nitrogens with zero attached hydrogens (tertiary/aromatic N) is 1. The lowest BCUT2D eigenvalue weighted by atomic mass is 9.75. The summed E-state index contributed by atoms with van der Waals surface area (Å²) in [5.41, 5.74) is 6.62. The monoisotopic (exact) mass is 249 g/mol. The highest BCUT2D eigenvalue weighted by Gasteiger charge is 2.34. The highest BCUT2D eigenvalue weighted by Crippen LogP contribution is 2.31. The summed E-state index contributed by atoms with van der Waals surface area (Å²) in [5.74, 6) is 0.534. The average Bonchev–Trinajstić information content (AvgIpc) is 2.34. The zero-order chi connectivity index (χ0) is 13.0. The van der Waals surface area contributed by atoms with Gasteiger partial charge in [0.2, 0.25) is 11.8 Å². The molecule has 0 spiro atoms. The van der Waals surface area contributed by atoms with Crippen LogP contribution in [0.3, 0.4) is 0 Å². The Hall–Kier alpha value is -1.62. The second-order valence-corrected chi connectivity index (χ2v) is 4.84. The van der Waals surface area contributed by atoms with Crippen LogP contribution in [0.25, 0.3) is 0 Å². The molecule has 0 bridgehead atoms. The number of hydrogen-bond acceptors (Lipinski definition) is 4. The van der Waals surface area contributed by atoms with Crippen molar-refractivity contribution in [3.8, 4) is 5.88 Å². The molecule has 0 aromatic carbocycles. The minimum atomic E-state index is -0.275. The Kier molecular flexibility index (Phi) is 3.81. The fraction of sp³-hybridized carbons (Fsp3) is 0.538. The van der Waals surface area contributed by atoms with Crippen molar-refractivity contribution in [1.29, 1.82) is 0 Å². The first-order valence-electron chi connectivity index (χ1n) is 6.16. The van der Waals surface area contributed by atoms with Gasteiger partial charge in [-0.15, -0.1) is 0 Å². The van der Waals surface area contributed by atoms with Crippen molar-refractivity contribution in [2.24, 2.45) is 5.73 Å². The summed E-state index contributed by atoms with van der Waals surface area (Å²) in [7, 11) is 1.57. The van der Waals surface area contributed by atoms with Gasteiger partial charge in [-0.2, -0.15) is 0 Å². The van der Waals surface area contributed by atoms with Gasteiger partial charge in [0.1, 0.15) is 0 Å². The third kappa shape index (κ3) is 2.98. The number of carbonyl (C=O) groups is 1. The molecule has 0 radical (unpaired) electrons. The van der Waals surface area contributed by atoms with Crippen molar-refractivity contribution >= 4 is 5.91 Å². The highest BCUT2D eigenvalue weighted by molar-refractivity contribution is 5.77. The van der Waals surface area contributed by atoms with Crippen LogP contribution in [0.4, 0.5) is 0 Å². The lowest BCUT2D eigenvalue weighted by molar-refractivity contribution is -0.123. The Morgan fingerprint density at radius 1 is 1.61 bits per heavy atom. The molecule has 5 heteroatoms. The van der Waals surface area contributed by atoms with E-state index in [2.05, 4.69) is 10.3 Å². The summed E-state index contributed by atoms with van der Waals surface area (Å²) < 4.78 is 5.12. The minimum absolute atomic E-state index is 0.0110. The Morgan fingerprint density at radius 3 is 3.00 bits per heavy atom. The smallest absolute Gasteiger partial charge is 0.222 e. The quantitative estimate of drug-likeness (QED) is 0.815. The first kappa shape index (κ1) is 12.8. The topological polar surface area (TPSA) is 77.2 Å².